The number of amides is 1. The van der Waals surface area contributed by atoms with Gasteiger partial charge in [-0.05, 0) is 18.3 Å². The molecular formula is C10H13NO2. The van der Waals surface area contributed by atoms with Crippen molar-refractivity contribution in [3.63, 3.8) is 0 Å². The molecule has 70 valence electrons. The third-order valence-electron chi connectivity index (χ3n) is 3.09. The highest BCUT2D eigenvalue weighted by Gasteiger charge is 2.58. The molecule has 3 nitrogen and oxygen atoms in total. The molecule has 2 rings (SSSR count). The fraction of sp³-hybridized carbons (Fsp3) is 0.700. The van der Waals surface area contributed by atoms with Crippen LogP contribution in [0.5, 0.6) is 0 Å². The molecule has 0 N–H and O–H groups in total. The first-order chi connectivity index (χ1) is 6.18. The predicted molar refractivity (Wildman–Crippen MR) is 47.8 cm³/mol. The van der Waals surface area contributed by atoms with E-state index in [-0.39, 0.29) is 11.3 Å². The number of fused-ring (bicyclic) bond motifs is 1. The number of rotatable bonds is 2. The first kappa shape index (κ1) is 8.58. The van der Waals surface area contributed by atoms with E-state index >= 15 is 0 Å². The number of carbonyl (C=O) groups is 1. The number of carbonyl (C=O) groups excluding carboxylic acids is 1. The molecule has 2 unspecified atom stereocenters. The Balaban J connectivity index is 1.92. The Hall–Kier alpha value is -1.01. The quantitative estimate of drug-likeness (QED) is 0.563. The molecule has 1 amide bonds. The zero-order valence-electron chi connectivity index (χ0n) is 7.75. The van der Waals surface area contributed by atoms with Crippen molar-refractivity contribution < 1.29 is 9.53 Å². The van der Waals surface area contributed by atoms with Crippen molar-refractivity contribution in [2.24, 2.45) is 11.3 Å². The highest BCUT2D eigenvalue weighted by molar-refractivity contribution is 5.92. The van der Waals surface area contributed by atoms with Gasteiger partial charge in [-0.1, -0.05) is 0 Å². The monoisotopic (exact) mass is 179 g/mol. The molecule has 0 aromatic carbocycles. The van der Waals surface area contributed by atoms with Gasteiger partial charge >= 0.3 is 0 Å². The minimum Gasteiger partial charge on any atom is -0.380 e. The highest BCUT2D eigenvalue weighted by Crippen LogP contribution is 2.57. The van der Waals surface area contributed by atoms with E-state index in [1.54, 1.807) is 11.9 Å². The number of terminal acetylenes is 1. The van der Waals surface area contributed by atoms with E-state index in [1.165, 1.54) is 6.42 Å². The summed E-state index contributed by atoms with van der Waals surface area (Å²) in [6.07, 6.45) is 6.22. The van der Waals surface area contributed by atoms with Crippen molar-refractivity contribution in [3.8, 4) is 12.3 Å². The van der Waals surface area contributed by atoms with Gasteiger partial charge in [0.1, 0.15) is 0 Å². The summed E-state index contributed by atoms with van der Waals surface area (Å²) in [5.41, 5.74) is 0.251. The Bertz CT molecular complexity index is 281. The molecule has 1 saturated heterocycles. The molecule has 1 aliphatic heterocycles. The molecule has 2 atom stereocenters. The summed E-state index contributed by atoms with van der Waals surface area (Å²) in [6, 6.07) is 0. The summed E-state index contributed by atoms with van der Waals surface area (Å²) in [5.74, 6) is 2.56. The topological polar surface area (TPSA) is 29.5 Å². The third kappa shape index (κ3) is 1.31. The minimum atomic E-state index is -0.230. The zero-order chi connectivity index (χ0) is 9.47. The Kier molecular flexibility index (Phi) is 1.81. The average molecular weight is 179 g/mol. The molecule has 0 spiro atoms. The molecule has 2 fully saturated rings. The lowest BCUT2D eigenvalue weighted by Gasteiger charge is -2.19. The van der Waals surface area contributed by atoms with E-state index < -0.39 is 0 Å². The van der Waals surface area contributed by atoms with Crippen molar-refractivity contribution in [1.29, 1.82) is 0 Å². The molecule has 3 heteroatoms. The molecule has 13 heavy (non-hydrogen) atoms. The van der Waals surface area contributed by atoms with Gasteiger partial charge in [0.25, 0.3) is 5.91 Å². The second kappa shape index (κ2) is 2.74. The van der Waals surface area contributed by atoms with Crippen LogP contribution >= 0.6 is 0 Å². The van der Waals surface area contributed by atoms with Crippen molar-refractivity contribution in [3.05, 3.63) is 0 Å². The molecule has 2 aliphatic rings. The maximum atomic E-state index is 11.1. The molecule has 1 heterocycles. The lowest BCUT2D eigenvalue weighted by atomic mass is 10.1. The van der Waals surface area contributed by atoms with E-state index in [9.17, 15) is 4.79 Å². The Morgan fingerprint density at radius 2 is 2.62 bits per heavy atom. The Labute approximate surface area is 78.0 Å². The average Bonchev–Trinajstić information content (AvgIpc) is 2.66. The highest BCUT2D eigenvalue weighted by atomic mass is 16.5. The second-order valence-corrected chi connectivity index (χ2v) is 4.08. The van der Waals surface area contributed by atoms with Crippen LogP contribution in [0.3, 0.4) is 0 Å². The van der Waals surface area contributed by atoms with Gasteiger partial charge in [-0.25, -0.2) is 0 Å². The summed E-state index contributed by atoms with van der Waals surface area (Å²) in [5, 5.41) is 0. The molecule has 0 aromatic rings. The smallest absolute Gasteiger partial charge is 0.297 e. The van der Waals surface area contributed by atoms with Gasteiger partial charge < -0.3 is 9.64 Å². The number of hydrogen-bond acceptors (Lipinski definition) is 2. The first-order valence-electron chi connectivity index (χ1n) is 4.47. The third-order valence-corrected chi connectivity index (χ3v) is 3.09. The van der Waals surface area contributed by atoms with E-state index in [4.69, 9.17) is 11.2 Å². The van der Waals surface area contributed by atoms with E-state index in [0.29, 0.717) is 5.92 Å². The zero-order valence-corrected chi connectivity index (χ0v) is 7.75. The fourth-order valence-corrected chi connectivity index (χ4v) is 2.14. The Morgan fingerprint density at radius 3 is 3.08 bits per heavy atom. The summed E-state index contributed by atoms with van der Waals surface area (Å²) in [6.45, 7) is 2.40. The van der Waals surface area contributed by atoms with Crippen molar-refractivity contribution >= 4 is 5.91 Å². The fourth-order valence-electron chi connectivity index (χ4n) is 2.14. The molecule has 1 aliphatic carbocycles. The van der Waals surface area contributed by atoms with Crippen LogP contribution in [0.25, 0.3) is 0 Å². The van der Waals surface area contributed by atoms with E-state index in [1.807, 2.05) is 0 Å². The van der Waals surface area contributed by atoms with E-state index in [2.05, 4.69) is 5.92 Å². The molecule has 0 bridgehead atoms. The molecule has 0 radical (unpaired) electrons. The number of hydrogen-bond donors (Lipinski definition) is 0. The predicted octanol–water partition coefficient (Wildman–Crippen LogP) is 0.114. The van der Waals surface area contributed by atoms with Crippen LogP contribution < -0.4 is 0 Å². The number of nitrogens with zero attached hydrogens (tertiary/aromatic N) is 1. The normalized spacial score (nSPS) is 34.9. The maximum absolute atomic E-state index is 11.1. The SMILES string of the molecule is C#CC(=O)N(C)CC12COCC1C2. The van der Waals surface area contributed by atoms with Crippen LogP contribution in [0.4, 0.5) is 0 Å². The first-order valence-corrected chi connectivity index (χ1v) is 4.47. The van der Waals surface area contributed by atoms with Gasteiger partial charge in [0.15, 0.2) is 0 Å². The standard InChI is InChI=1S/C10H13NO2/c1-3-9(12)11(2)6-10-4-8(10)5-13-7-10/h1,8H,4-7H2,2H3. The summed E-state index contributed by atoms with van der Waals surface area (Å²) in [7, 11) is 1.75. The van der Waals surface area contributed by atoms with Crippen molar-refractivity contribution in [1.82, 2.24) is 4.90 Å². The van der Waals surface area contributed by atoms with Gasteiger partial charge in [-0.2, -0.15) is 0 Å². The molecular weight excluding hydrogens is 166 g/mol. The van der Waals surface area contributed by atoms with Gasteiger partial charge in [-0.3, -0.25) is 4.79 Å². The van der Waals surface area contributed by atoms with Crippen LogP contribution in [0.2, 0.25) is 0 Å². The van der Waals surface area contributed by atoms with Crippen LogP contribution in [-0.2, 0) is 9.53 Å². The van der Waals surface area contributed by atoms with Crippen LogP contribution in [-0.4, -0.2) is 37.6 Å². The van der Waals surface area contributed by atoms with Gasteiger partial charge in [0.2, 0.25) is 0 Å². The van der Waals surface area contributed by atoms with E-state index in [0.717, 1.165) is 19.8 Å². The van der Waals surface area contributed by atoms with Crippen LogP contribution in [0, 0.1) is 23.7 Å². The summed E-state index contributed by atoms with van der Waals surface area (Å²) in [4.78, 5) is 12.7. The lowest BCUT2D eigenvalue weighted by molar-refractivity contribution is -0.124. The summed E-state index contributed by atoms with van der Waals surface area (Å²) >= 11 is 0. The van der Waals surface area contributed by atoms with Gasteiger partial charge in [-0.15, -0.1) is 6.42 Å². The maximum Gasteiger partial charge on any atom is 0.297 e. The molecule has 0 aromatic heterocycles. The molecule has 1 saturated carbocycles. The van der Waals surface area contributed by atoms with Gasteiger partial charge in [0.05, 0.1) is 13.2 Å². The minimum absolute atomic E-state index is 0.230. The van der Waals surface area contributed by atoms with Crippen LogP contribution in [0.15, 0.2) is 0 Å². The largest absolute Gasteiger partial charge is 0.380 e. The van der Waals surface area contributed by atoms with Crippen LogP contribution in [0.1, 0.15) is 6.42 Å². The number of ether oxygens (including phenoxy) is 1. The second-order valence-electron chi connectivity index (χ2n) is 4.08. The van der Waals surface area contributed by atoms with Gasteiger partial charge in [0, 0.05) is 19.0 Å². The summed E-state index contributed by atoms with van der Waals surface area (Å²) < 4.78 is 5.33. The van der Waals surface area contributed by atoms with Crippen molar-refractivity contribution in [2.75, 3.05) is 26.8 Å². The van der Waals surface area contributed by atoms with Crippen molar-refractivity contribution in [2.45, 2.75) is 6.42 Å². The Morgan fingerprint density at radius 1 is 1.85 bits per heavy atom. The lowest BCUT2D eigenvalue weighted by Crippen LogP contribution is -2.33.